The molecule has 146 valence electrons. The second-order valence-corrected chi connectivity index (χ2v) is 6.61. The monoisotopic (exact) mass is 382 g/mol. The summed E-state index contributed by atoms with van der Waals surface area (Å²) in [5, 5.41) is 5.51. The molecule has 0 fully saturated rings. The Labute approximate surface area is 162 Å². The molecule has 3 rings (SSSR count). The number of rotatable bonds is 7. The van der Waals surface area contributed by atoms with Gasteiger partial charge in [0.25, 0.3) is 0 Å². The first-order valence-corrected chi connectivity index (χ1v) is 9.28. The smallest absolute Gasteiger partial charge is 0.244 e. The largest absolute Gasteiger partial charge is 0.346 e. The van der Waals surface area contributed by atoms with Gasteiger partial charge in [0, 0.05) is 6.42 Å². The lowest BCUT2D eigenvalue weighted by atomic mass is 10.2. The summed E-state index contributed by atoms with van der Waals surface area (Å²) in [4.78, 5) is 29.1. The molecule has 28 heavy (non-hydrogen) atoms. The van der Waals surface area contributed by atoms with E-state index in [1.807, 2.05) is 38.1 Å². The number of benzene rings is 2. The van der Waals surface area contributed by atoms with Crippen LogP contribution in [0.5, 0.6) is 0 Å². The normalized spacial score (nSPS) is 12.0. The zero-order valence-electron chi connectivity index (χ0n) is 15.9. The van der Waals surface area contributed by atoms with Crippen molar-refractivity contribution in [3.8, 4) is 0 Å². The number of para-hydroxylation sites is 3. The van der Waals surface area contributed by atoms with Crippen LogP contribution in [0.1, 0.15) is 38.6 Å². The van der Waals surface area contributed by atoms with Crippen LogP contribution in [-0.2, 0) is 16.1 Å². The first-order chi connectivity index (χ1) is 13.5. The van der Waals surface area contributed by atoms with Gasteiger partial charge in [-0.15, -0.1) is 0 Å². The second kappa shape index (κ2) is 8.65. The molecule has 1 atom stereocenters. The number of imidazole rings is 1. The Kier molecular flexibility index (Phi) is 6.03. The predicted octanol–water partition coefficient (Wildman–Crippen LogP) is 3.79. The minimum atomic E-state index is -0.494. The van der Waals surface area contributed by atoms with Gasteiger partial charge in [0.2, 0.25) is 11.8 Å². The molecule has 0 aliphatic carbocycles. The molecule has 1 aromatic heterocycles. The van der Waals surface area contributed by atoms with Crippen LogP contribution in [0.3, 0.4) is 0 Å². The quantitative estimate of drug-likeness (QED) is 0.653. The van der Waals surface area contributed by atoms with Crippen molar-refractivity contribution in [2.75, 3.05) is 5.32 Å². The summed E-state index contributed by atoms with van der Waals surface area (Å²) >= 11 is 0. The zero-order valence-corrected chi connectivity index (χ0v) is 15.9. The molecule has 1 heterocycles. The van der Waals surface area contributed by atoms with Gasteiger partial charge in [-0.05, 0) is 37.6 Å². The van der Waals surface area contributed by atoms with E-state index in [4.69, 9.17) is 0 Å². The Hall–Kier alpha value is -3.22. The van der Waals surface area contributed by atoms with Crippen LogP contribution >= 0.6 is 0 Å². The zero-order chi connectivity index (χ0) is 20.1. The van der Waals surface area contributed by atoms with E-state index < -0.39 is 5.82 Å². The maximum Gasteiger partial charge on any atom is 0.244 e. The molecule has 0 radical (unpaired) electrons. The highest BCUT2D eigenvalue weighted by atomic mass is 19.1. The summed E-state index contributed by atoms with van der Waals surface area (Å²) in [6.07, 6.45) is 1.18. The number of nitrogens with one attached hydrogen (secondary N) is 2. The standard InChI is InChI=1S/C21H23FN4O2/c1-3-8-19(27)23-14(2)21-25-17-11-6-7-12-18(17)26(21)13-20(28)24-16-10-5-4-9-15(16)22/h4-7,9-12,14H,3,8,13H2,1-2H3,(H,23,27)(H,24,28). The lowest BCUT2D eigenvalue weighted by Gasteiger charge is -2.16. The van der Waals surface area contributed by atoms with Crippen molar-refractivity contribution in [1.82, 2.24) is 14.9 Å². The second-order valence-electron chi connectivity index (χ2n) is 6.61. The molecule has 0 spiro atoms. The Bertz CT molecular complexity index is 999. The van der Waals surface area contributed by atoms with Crippen molar-refractivity contribution in [3.63, 3.8) is 0 Å². The fourth-order valence-electron chi connectivity index (χ4n) is 3.09. The summed E-state index contributed by atoms with van der Waals surface area (Å²) in [6, 6.07) is 13.1. The fourth-order valence-corrected chi connectivity index (χ4v) is 3.09. The number of halogens is 1. The molecule has 2 aromatic carbocycles. The number of hydrogen-bond donors (Lipinski definition) is 2. The molecular formula is C21H23FN4O2. The van der Waals surface area contributed by atoms with Crippen LogP contribution in [0.25, 0.3) is 11.0 Å². The van der Waals surface area contributed by atoms with Gasteiger partial charge in [0.1, 0.15) is 18.2 Å². The molecule has 0 bridgehead atoms. The Morgan fingerprint density at radius 3 is 2.57 bits per heavy atom. The van der Waals surface area contributed by atoms with Gasteiger partial charge in [-0.25, -0.2) is 9.37 Å². The van der Waals surface area contributed by atoms with Crippen LogP contribution < -0.4 is 10.6 Å². The van der Waals surface area contributed by atoms with Gasteiger partial charge in [0.05, 0.1) is 22.8 Å². The van der Waals surface area contributed by atoms with Crippen molar-refractivity contribution in [2.45, 2.75) is 39.3 Å². The van der Waals surface area contributed by atoms with Crippen LogP contribution in [0.4, 0.5) is 10.1 Å². The van der Waals surface area contributed by atoms with E-state index in [0.717, 1.165) is 17.5 Å². The topological polar surface area (TPSA) is 76.0 Å². The molecule has 3 aromatic rings. The molecule has 0 aliphatic heterocycles. The Balaban J connectivity index is 1.87. The van der Waals surface area contributed by atoms with E-state index >= 15 is 0 Å². The Morgan fingerprint density at radius 2 is 1.82 bits per heavy atom. The van der Waals surface area contributed by atoms with E-state index in [9.17, 15) is 14.0 Å². The summed E-state index contributed by atoms with van der Waals surface area (Å²) in [5.41, 5.74) is 1.63. The average molecular weight is 382 g/mol. The van der Waals surface area contributed by atoms with E-state index in [1.165, 1.54) is 12.1 Å². The first-order valence-electron chi connectivity index (χ1n) is 9.28. The van der Waals surface area contributed by atoms with E-state index in [-0.39, 0.29) is 30.1 Å². The van der Waals surface area contributed by atoms with E-state index in [1.54, 1.807) is 16.7 Å². The molecule has 0 saturated carbocycles. The van der Waals surface area contributed by atoms with Crippen molar-refractivity contribution in [1.29, 1.82) is 0 Å². The summed E-state index contributed by atoms with van der Waals surface area (Å²) in [5.74, 6) is -0.355. The molecular weight excluding hydrogens is 359 g/mol. The SMILES string of the molecule is CCCC(=O)NC(C)c1nc2ccccc2n1CC(=O)Nc1ccccc1F. The Morgan fingerprint density at radius 1 is 1.11 bits per heavy atom. The molecule has 1 unspecified atom stereocenters. The lowest BCUT2D eigenvalue weighted by molar-refractivity contribution is -0.121. The van der Waals surface area contributed by atoms with Crippen molar-refractivity contribution in [2.24, 2.45) is 0 Å². The maximum atomic E-state index is 13.8. The van der Waals surface area contributed by atoms with Gasteiger partial charge in [0.15, 0.2) is 0 Å². The van der Waals surface area contributed by atoms with Crippen molar-refractivity contribution >= 4 is 28.5 Å². The third kappa shape index (κ3) is 4.36. The summed E-state index contributed by atoms with van der Waals surface area (Å²) in [7, 11) is 0. The minimum Gasteiger partial charge on any atom is -0.346 e. The first kappa shape index (κ1) is 19.5. The van der Waals surface area contributed by atoms with Gasteiger partial charge in [-0.3, -0.25) is 9.59 Å². The predicted molar refractivity (Wildman–Crippen MR) is 106 cm³/mol. The molecule has 2 N–H and O–H groups in total. The van der Waals surface area contributed by atoms with Crippen LogP contribution in [0.15, 0.2) is 48.5 Å². The number of fused-ring (bicyclic) bond motifs is 1. The van der Waals surface area contributed by atoms with Crippen molar-refractivity contribution < 1.29 is 14.0 Å². The van der Waals surface area contributed by atoms with Crippen LogP contribution in [0, 0.1) is 5.82 Å². The van der Waals surface area contributed by atoms with Crippen molar-refractivity contribution in [3.05, 3.63) is 60.2 Å². The number of carbonyl (C=O) groups excluding carboxylic acids is 2. The van der Waals surface area contributed by atoms with Crippen LogP contribution in [-0.4, -0.2) is 21.4 Å². The third-order valence-corrected chi connectivity index (χ3v) is 4.38. The number of carbonyl (C=O) groups is 2. The van der Waals surface area contributed by atoms with Gasteiger partial charge < -0.3 is 15.2 Å². The summed E-state index contributed by atoms with van der Waals surface area (Å²) < 4.78 is 15.6. The molecule has 7 heteroatoms. The number of hydrogen-bond acceptors (Lipinski definition) is 3. The molecule has 6 nitrogen and oxygen atoms in total. The number of aromatic nitrogens is 2. The van der Waals surface area contributed by atoms with Gasteiger partial charge in [-0.2, -0.15) is 0 Å². The lowest BCUT2D eigenvalue weighted by Crippen LogP contribution is -2.29. The average Bonchev–Trinajstić information content (AvgIpc) is 3.02. The van der Waals surface area contributed by atoms with Crippen LogP contribution in [0.2, 0.25) is 0 Å². The summed E-state index contributed by atoms with van der Waals surface area (Å²) in [6.45, 7) is 3.73. The van der Waals surface area contributed by atoms with E-state index in [0.29, 0.717) is 12.2 Å². The molecule has 0 aliphatic rings. The highest BCUT2D eigenvalue weighted by Gasteiger charge is 2.20. The highest BCUT2D eigenvalue weighted by Crippen LogP contribution is 2.21. The highest BCUT2D eigenvalue weighted by molar-refractivity contribution is 5.92. The number of nitrogens with zero attached hydrogens (tertiary/aromatic N) is 2. The maximum absolute atomic E-state index is 13.8. The number of anilines is 1. The number of amides is 2. The minimum absolute atomic E-state index is 0.0435. The molecule has 0 saturated heterocycles. The van der Waals surface area contributed by atoms with Gasteiger partial charge >= 0.3 is 0 Å². The third-order valence-electron chi connectivity index (χ3n) is 4.38. The fraction of sp³-hybridized carbons (Fsp3) is 0.286. The molecule has 2 amide bonds. The van der Waals surface area contributed by atoms with E-state index in [2.05, 4.69) is 15.6 Å². The van der Waals surface area contributed by atoms with Gasteiger partial charge in [-0.1, -0.05) is 31.2 Å².